The molecular weight excluding hydrogens is 328 g/mol. The molecule has 6 heteroatoms. The third kappa shape index (κ3) is 3.01. The van der Waals surface area contributed by atoms with Gasteiger partial charge in [0.05, 0.1) is 22.8 Å². The van der Waals surface area contributed by atoms with Crippen molar-refractivity contribution in [1.82, 2.24) is 9.55 Å². The number of carbonyl (C=O) groups is 1. The number of rotatable bonds is 5. The molecule has 0 aliphatic rings. The van der Waals surface area contributed by atoms with Crippen LogP contribution >= 0.6 is 27.7 Å². The molecule has 0 saturated carbocycles. The van der Waals surface area contributed by atoms with Crippen molar-refractivity contribution in [3.8, 4) is 0 Å². The number of aliphatic carboxylic acids is 1. The van der Waals surface area contributed by atoms with E-state index in [0.29, 0.717) is 5.16 Å². The quantitative estimate of drug-likeness (QED) is 0.665. The Hall–Kier alpha value is -1.27. The van der Waals surface area contributed by atoms with Crippen LogP contribution in [0.1, 0.15) is 13.0 Å². The number of thioether (sulfide) groups is 1. The molecule has 1 aromatic carbocycles. The summed E-state index contributed by atoms with van der Waals surface area (Å²) in [5, 5.41) is 9.49. The predicted octanol–water partition coefficient (Wildman–Crippen LogP) is 3.72. The molecule has 0 fully saturated rings. The summed E-state index contributed by atoms with van der Waals surface area (Å²) in [6.07, 6.45) is 1.81. The molecule has 0 amide bonds. The normalized spacial score (nSPS) is 12.5. The van der Waals surface area contributed by atoms with Crippen molar-refractivity contribution in [2.75, 3.05) is 5.75 Å². The number of benzene rings is 1. The van der Waals surface area contributed by atoms with E-state index >= 15 is 0 Å². The Morgan fingerprint density at radius 1 is 1.68 bits per heavy atom. The number of fused-ring (bicyclic) bond motifs is 1. The van der Waals surface area contributed by atoms with Gasteiger partial charge in [0, 0.05) is 4.47 Å². The van der Waals surface area contributed by atoms with Crippen molar-refractivity contribution in [3.63, 3.8) is 0 Å². The second kappa shape index (κ2) is 5.79. The average Bonchev–Trinajstić information content (AvgIpc) is 2.73. The number of imidazole rings is 1. The Morgan fingerprint density at radius 2 is 2.42 bits per heavy atom. The lowest BCUT2D eigenvalue weighted by atomic mass is 10.3. The number of hydrogen-bond acceptors (Lipinski definition) is 3. The van der Waals surface area contributed by atoms with Gasteiger partial charge in [-0.3, -0.25) is 4.79 Å². The first-order valence-corrected chi connectivity index (χ1v) is 7.45. The summed E-state index contributed by atoms with van der Waals surface area (Å²) in [7, 11) is 0. The van der Waals surface area contributed by atoms with Crippen LogP contribution in [0, 0.1) is 0 Å². The van der Waals surface area contributed by atoms with Crippen molar-refractivity contribution < 1.29 is 9.90 Å². The minimum absolute atomic E-state index is 0.00560. The minimum atomic E-state index is -0.851. The van der Waals surface area contributed by atoms with Crippen molar-refractivity contribution >= 4 is 44.7 Å². The number of carboxylic acid groups (broad SMARTS) is 1. The van der Waals surface area contributed by atoms with Crippen LogP contribution in [-0.2, 0) is 4.79 Å². The zero-order valence-electron chi connectivity index (χ0n) is 10.3. The number of halogens is 1. The van der Waals surface area contributed by atoms with Crippen LogP contribution in [0.5, 0.6) is 0 Å². The summed E-state index contributed by atoms with van der Waals surface area (Å²) in [6, 6.07) is 5.86. The lowest BCUT2D eigenvalue weighted by molar-refractivity contribution is -0.133. The predicted molar refractivity (Wildman–Crippen MR) is 80.7 cm³/mol. The van der Waals surface area contributed by atoms with Gasteiger partial charge in [-0.15, -0.1) is 6.58 Å². The van der Waals surface area contributed by atoms with Crippen molar-refractivity contribution in [3.05, 3.63) is 35.3 Å². The van der Waals surface area contributed by atoms with Crippen LogP contribution in [0.15, 0.2) is 40.5 Å². The maximum absolute atomic E-state index is 10.7. The maximum Gasteiger partial charge on any atom is 0.313 e. The van der Waals surface area contributed by atoms with E-state index in [-0.39, 0.29) is 11.8 Å². The van der Waals surface area contributed by atoms with Crippen molar-refractivity contribution in [1.29, 1.82) is 0 Å². The number of carboxylic acids is 1. The summed E-state index contributed by atoms with van der Waals surface area (Å²) in [5.74, 6) is -0.856. The average molecular weight is 341 g/mol. The third-order valence-corrected chi connectivity index (χ3v) is 4.12. The zero-order valence-corrected chi connectivity index (χ0v) is 12.7. The fraction of sp³-hybridized carbons (Fsp3) is 0.231. The first-order chi connectivity index (χ1) is 9.02. The summed E-state index contributed by atoms with van der Waals surface area (Å²) in [4.78, 5) is 15.2. The van der Waals surface area contributed by atoms with E-state index in [0.717, 1.165) is 15.5 Å². The first kappa shape index (κ1) is 14.1. The largest absolute Gasteiger partial charge is 0.481 e. The Balaban J connectivity index is 2.54. The number of nitrogens with zero attached hydrogens (tertiary/aromatic N) is 2. The molecule has 0 bridgehead atoms. The molecule has 1 atom stereocenters. The molecule has 2 aromatic rings. The van der Waals surface area contributed by atoms with E-state index in [2.05, 4.69) is 27.5 Å². The summed E-state index contributed by atoms with van der Waals surface area (Å²) >= 11 is 4.66. The topological polar surface area (TPSA) is 55.1 Å². The SMILES string of the molecule is C=CC(C)n1c(SCC(=O)O)nc2ccc(Br)cc21. The van der Waals surface area contributed by atoms with Gasteiger partial charge in [0.25, 0.3) is 0 Å². The monoisotopic (exact) mass is 340 g/mol. The highest BCUT2D eigenvalue weighted by molar-refractivity contribution is 9.10. The van der Waals surface area contributed by atoms with Gasteiger partial charge in [-0.05, 0) is 25.1 Å². The molecule has 1 unspecified atom stereocenters. The molecule has 0 saturated heterocycles. The lowest BCUT2D eigenvalue weighted by Gasteiger charge is -2.13. The molecule has 0 aliphatic heterocycles. The maximum atomic E-state index is 10.7. The van der Waals surface area contributed by atoms with E-state index in [1.54, 1.807) is 0 Å². The minimum Gasteiger partial charge on any atom is -0.481 e. The summed E-state index contributed by atoms with van der Waals surface area (Å²) < 4.78 is 2.97. The lowest BCUT2D eigenvalue weighted by Crippen LogP contribution is -2.06. The van der Waals surface area contributed by atoms with E-state index < -0.39 is 5.97 Å². The van der Waals surface area contributed by atoms with Crippen LogP contribution < -0.4 is 0 Å². The highest BCUT2D eigenvalue weighted by Crippen LogP contribution is 2.29. The molecule has 19 heavy (non-hydrogen) atoms. The summed E-state index contributed by atoms with van der Waals surface area (Å²) in [6.45, 7) is 5.80. The Morgan fingerprint density at radius 3 is 3.05 bits per heavy atom. The number of allylic oxidation sites excluding steroid dienone is 1. The zero-order chi connectivity index (χ0) is 14.0. The molecule has 0 aliphatic carbocycles. The van der Waals surface area contributed by atoms with Gasteiger partial charge in [0.2, 0.25) is 0 Å². The van der Waals surface area contributed by atoms with Gasteiger partial charge in [-0.25, -0.2) is 4.98 Å². The third-order valence-electron chi connectivity index (χ3n) is 2.69. The molecule has 1 aromatic heterocycles. The fourth-order valence-electron chi connectivity index (χ4n) is 1.77. The highest BCUT2D eigenvalue weighted by Gasteiger charge is 2.15. The highest BCUT2D eigenvalue weighted by atomic mass is 79.9. The van der Waals surface area contributed by atoms with Crippen LogP contribution in [0.2, 0.25) is 0 Å². The van der Waals surface area contributed by atoms with Gasteiger partial charge in [0.15, 0.2) is 5.16 Å². The van der Waals surface area contributed by atoms with E-state index in [4.69, 9.17) is 5.11 Å². The standard InChI is InChI=1S/C13H13BrN2O2S/c1-3-8(2)16-11-6-9(14)4-5-10(11)15-13(16)19-7-12(17)18/h3-6,8H,1,7H2,2H3,(H,17,18). The van der Waals surface area contributed by atoms with E-state index in [9.17, 15) is 4.79 Å². The summed E-state index contributed by atoms with van der Waals surface area (Å²) in [5.41, 5.74) is 1.82. The Labute approximate surface area is 123 Å². The van der Waals surface area contributed by atoms with Crippen LogP contribution in [0.3, 0.4) is 0 Å². The van der Waals surface area contributed by atoms with Gasteiger partial charge >= 0.3 is 5.97 Å². The molecule has 2 rings (SSSR count). The van der Waals surface area contributed by atoms with Crippen molar-refractivity contribution in [2.45, 2.75) is 18.1 Å². The Kier molecular flexibility index (Phi) is 4.31. The molecular formula is C13H13BrN2O2S. The molecule has 100 valence electrons. The van der Waals surface area contributed by atoms with Gasteiger partial charge in [0.1, 0.15) is 0 Å². The van der Waals surface area contributed by atoms with Crippen LogP contribution in [0.4, 0.5) is 0 Å². The molecule has 0 spiro atoms. The van der Waals surface area contributed by atoms with Crippen LogP contribution in [0.25, 0.3) is 11.0 Å². The molecule has 1 N–H and O–H groups in total. The van der Waals surface area contributed by atoms with Gasteiger partial charge in [-0.2, -0.15) is 0 Å². The van der Waals surface area contributed by atoms with Gasteiger partial charge in [-0.1, -0.05) is 33.8 Å². The smallest absolute Gasteiger partial charge is 0.313 e. The number of hydrogen-bond donors (Lipinski definition) is 1. The van der Waals surface area contributed by atoms with E-state index in [1.807, 2.05) is 35.8 Å². The second-order valence-electron chi connectivity index (χ2n) is 4.06. The van der Waals surface area contributed by atoms with Gasteiger partial charge < -0.3 is 9.67 Å². The number of aromatic nitrogens is 2. The van der Waals surface area contributed by atoms with Crippen molar-refractivity contribution in [2.24, 2.45) is 0 Å². The molecule has 1 heterocycles. The Bertz CT molecular complexity index is 639. The first-order valence-electron chi connectivity index (χ1n) is 5.67. The van der Waals surface area contributed by atoms with E-state index in [1.165, 1.54) is 11.8 Å². The molecule has 4 nitrogen and oxygen atoms in total. The molecule has 0 radical (unpaired) electrons. The fourth-order valence-corrected chi connectivity index (χ4v) is 2.94. The second-order valence-corrected chi connectivity index (χ2v) is 5.91. The van der Waals surface area contributed by atoms with Crippen LogP contribution in [-0.4, -0.2) is 26.4 Å².